The largest absolute Gasteiger partial charge is 0.339 e. The van der Waals surface area contributed by atoms with Crippen LogP contribution in [-0.4, -0.2) is 33.1 Å². The molecule has 2 aliphatic rings. The molecule has 2 aromatic heterocycles. The van der Waals surface area contributed by atoms with Gasteiger partial charge in [0.1, 0.15) is 0 Å². The van der Waals surface area contributed by atoms with Gasteiger partial charge in [-0.1, -0.05) is 5.16 Å². The first-order chi connectivity index (χ1) is 11.1. The van der Waals surface area contributed by atoms with Crippen molar-refractivity contribution in [2.24, 2.45) is 5.73 Å². The molecule has 0 aromatic carbocycles. The second-order valence-electron chi connectivity index (χ2n) is 6.87. The van der Waals surface area contributed by atoms with Crippen molar-refractivity contribution in [3.8, 4) is 0 Å². The van der Waals surface area contributed by atoms with Crippen LogP contribution in [0.3, 0.4) is 0 Å². The van der Waals surface area contributed by atoms with E-state index in [1.807, 2.05) is 0 Å². The molecule has 2 aromatic rings. The molecule has 1 saturated carbocycles. The topological polar surface area (TPSA) is 81.1 Å². The third-order valence-corrected chi connectivity index (χ3v) is 5.94. The van der Waals surface area contributed by atoms with Gasteiger partial charge in [-0.25, -0.2) is 4.98 Å². The molecule has 4 rings (SSSR count). The first-order valence-electron chi connectivity index (χ1n) is 8.39. The fraction of sp³-hybridized carbons (Fsp3) is 0.688. The predicted octanol–water partition coefficient (Wildman–Crippen LogP) is 2.55. The third kappa shape index (κ3) is 3.05. The second kappa shape index (κ2) is 5.96. The average molecular weight is 333 g/mol. The molecule has 2 fully saturated rings. The molecule has 0 unspecified atom stereocenters. The van der Waals surface area contributed by atoms with Crippen LogP contribution < -0.4 is 5.73 Å². The molecule has 23 heavy (non-hydrogen) atoms. The molecule has 0 bridgehead atoms. The van der Waals surface area contributed by atoms with Crippen LogP contribution in [-0.2, 0) is 12.1 Å². The van der Waals surface area contributed by atoms with Crippen molar-refractivity contribution in [3.63, 3.8) is 0 Å². The molecule has 0 atom stereocenters. The molecule has 1 aliphatic heterocycles. The maximum absolute atomic E-state index is 6.28. The third-order valence-electron chi connectivity index (χ3n) is 5.12. The Morgan fingerprint density at radius 1 is 1.35 bits per heavy atom. The number of piperidine rings is 1. The number of nitrogens with zero attached hydrogens (tertiary/aromatic N) is 4. The molecule has 2 N–H and O–H groups in total. The van der Waals surface area contributed by atoms with E-state index >= 15 is 0 Å². The predicted molar refractivity (Wildman–Crippen MR) is 88.1 cm³/mol. The quantitative estimate of drug-likeness (QED) is 0.926. The molecule has 0 spiro atoms. The average Bonchev–Trinajstić information content (AvgIpc) is 3.15. The van der Waals surface area contributed by atoms with Gasteiger partial charge < -0.3 is 10.3 Å². The summed E-state index contributed by atoms with van der Waals surface area (Å²) in [5.41, 5.74) is 7.13. The SMILES string of the molecule is Cc1nc(CN2CCC(c3nc(C4(N)CCC4)no3)CC2)cs1. The number of nitrogens with two attached hydrogens (primary N) is 1. The van der Waals surface area contributed by atoms with E-state index in [1.165, 1.54) is 5.69 Å². The van der Waals surface area contributed by atoms with Gasteiger partial charge in [0.25, 0.3) is 0 Å². The summed E-state index contributed by atoms with van der Waals surface area (Å²) < 4.78 is 5.51. The summed E-state index contributed by atoms with van der Waals surface area (Å²) in [5, 5.41) is 7.44. The normalized spacial score (nSPS) is 22.2. The smallest absolute Gasteiger partial charge is 0.229 e. The highest BCUT2D eigenvalue weighted by atomic mass is 32.1. The van der Waals surface area contributed by atoms with Crippen LogP contribution in [0.15, 0.2) is 9.90 Å². The molecular weight excluding hydrogens is 310 g/mol. The van der Waals surface area contributed by atoms with Gasteiger partial charge in [-0.15, -0.1) is 11.3 Å². The standard InChI is InChI=1S/C16H23N5OS/c1-11-18-13(10-23-11)9-21-7-3-12(4-8-21)14-19-15(20-22-14)16(17)5-2-6-16/h10,12H,2-9,17H2,1H3. The number of hydrogen-bond donors (Lipinski definition) is 1. The zero-order valence-electron chi connectivity index (χ0n) is 13.5. The van der Waals surface area contributed by atoms with E-state index in [0.29, 0.717) is 11.7 Å². The van der Waals surface area contributed by atoms with Gasteiger partial charge in [0.15, 0.2) is 5.82 Å². The number of aromatic nitrogens is 3. The van der Waals surface area contributed by atoms with Crippen molar-refractivity contribution >= 4 is 11.3 Å². The number of thiazole rings is 1. The summed E-state index contributed by atoms with van der Waals surface area (Å²) in [6, 6.07) is 0. The number of rotatable bonds is 4. The van der Waals surface area contributed by atoms with Crippen LogP contribution in [0.1, 0.15) is 60.4 Å². The highest BCUT2D eigenvalue weighted by Gasteiger charge is 2.39. The zero-order valence-corrected chi connectivity index (χ0v) is 14.3. The van der Waals surface area contributed by atoms with Gasteiger partial charge >= 0.3 is 0 Å². The van der Waals surface area contributed by atoms with Gasteiger partial charge in [0.2, 0.25) is 5.89 Å². The van der Waals surface area contributed by atoms with Crippen molar-refractivity contribution < 1.29 is 4.52 Å². The van der Waals surface area contributed by atoms with E-state index < -0.39 is 0 Å². The number of hydrogen-bond acceptors (Lipinski definition) is 7. The summed E-state index contributed by atoms with van der Waals surface area (Å²) in [6.07, 6.45) is 5.22. The van der Waals surface area contributed by atoms with Crippen molar-refractivity contribution in [2.75, 3.05) is 13.1 Å². The Bertz CT molecular complexity index is 670. The molecule has 1 aliphatic carbocycles. The fourth-order valence-corrected chi connectivity index (χ4v) is 4.04. The summed E-state index contributed by atoms with van der Waals surface area (Å²) in [7, 11) is 0. The maximum atomic E-state index is 6.28. The Balaban J connectivity index is 1.34. The second-order valence-corrected chi connectivity index (χ2v) is 7.94. The Hall–Kier alpha value is -1.31. The van der Waals surface area contributed by atoms with Crippen molar-refractivity contribution in [1.82, 2.24) is 20.0 Å². The lowest BCUT2D eigenvalue weighted by molar-refractivity contribution is 0.185. The first kappa shape index (κ1) is 15.2. The lowest BCUT2D eigenvalue weighted by Gasteiger charge is -2.34. The van der Waals surface area contributed by atoms with Crippen LogP contribution in [0, 0.1) is 6.92 Å². The molecule has 1 saturated heterocycles. The highest BCUT2D eigenvalue weighted by molar-refractivity contribution is 7.09. The molecular formula is C16H23N5OS. The van der Waals surface area contributed by atoms with Crippen molar-refractivity contribution in [2.45, 2.75) is 57.0 Å². The molecule has 0 radical (unpaired) electrons. The molecule has 3 heterocycles. The minimum absolute atomic E-state index is 0.328. The summed E-state index contributed by atoms with van der Waals surface area (Å²) in [6.45, 7) is 5.09. The summed E-state index contributed by atoms with van der Waals surface area (Å²) in [5.74, 6) is 1.85. The van der Waals surface area contributed by atoms with E-state index in [4.69, 9.17) is 10.3 Å². The summed E-state index contributed by atoms with van der Waals surface area (Å²) >= 11 is 1.72. The van der Waals surface area contributed by atoms with Crippen LogP contribution >= 0.6 is 11.3 Å². The van der Waals surface area contributed by atoms with Crippen molar-refractivity contribution in [1.29, 1.82) is 0 Å². The van der Waals surface area contributed by atoms with Crippen LogP contribution in [0.4, 0.5) is 0 Å². The lowest BCUT2D eigenvalue weighted by Crippen LogP contribution is -2.44. The number of aryl methyl sites for hydroxylation is 1. The van der Waals surface area contributed by atoms with Gasteiger partial charge in [0, 0.05) is 17.8 Å². The fourth-order valence-electron chi connectivity index (χ4n) is 3.43. The van der Waals surface area contributed by atoms with E-state index in [9.17, 15) is 0 Å². The van der Waals surface area contributed by atoms with Gasteiger partial charge in [-0.3, -0.25) is 4.90 Å². The van der Waals surface area contributed by atoms with E-state index in [1.54, 1.807) is 11.3 Å². The van der Waals surface area contributed by atoms with Gasteiger partial charge in [-0.2, -0.15) is 4.98 Å². The Kier molecular flexibility index (Phi) is 3.95. The van der Waals surface area contributed by atoms with Crippen LogP contribution in [0.25, 0.3) is 0 Å². The minimum Gasteiger partial charge on any atom is -0.339 e. The van der Waals surface area contributed by atoms with Gasteiger partial charge in [0.05, 0.1) is 16.2 Å². The Labute approximate surface area is 140 Å². The first-order valence-corrected chi connectivity index (χ1v) is 9.27. The zero-order chi connectivity index (χ0) is 15.9. The van der Waals surface area contributed by atoms with E-state index in [0.717, 1.165) is 62.6 Å². The lowest BCUT2D eigenvalue weighted by atomic mass is 9.77. The molecule has 0 amide bonds. The molecule has 124 valence electrons. The molecule has 6 nitrogen and oxygen atoms in total. The van der Waals surface area contributed by atoms with Crippen molar-refractivity contribution in [3.05, 3.63) is 27.8 Å². The van der Waals surface area contributed by atoms with Crippen LogP contribution in [0.2, 0.25) is 0 Å². The highest BCUT2D eigenvalue weighted by Crippen LogP contribution is 2.38. The molecule has 7 heteroatoms. The van der Waals surface area contributed by atoms with E-state index in [2.05, 4.69) is 32.3 Å². The monoisotopic (exact) mass is 333 g/mol. The maximum Gasteiger partial charge on any atom is 0.229 e. The summed E-state index contributed by atoms with van der Waals surface area (Å²) in [4.78, 5) is 11.6. The van der Waals surface area contributed by atoms with Gasteiger partial charge in [-0.05, 0) is 52.1 Å². The Morgan fingerprint density at radius 3 is 2.74 bits per heavy atom. The minimum atomic E-state index is -0.328. The number of likely N-dealkylation sites (tertiary alicyclic amines) is 1. The van der Waals surface area contributed by atoms with E-state index in [-0.39, 0.29) is 5.54 Å². The Morgan fingerprint density at radius 2 is 2.13 bits per heavy atom. The van der Waals surface area contributed by atoms with Crippen LogP contribution in [0.5, 0.6) is 0 Å².